The van der Waals surface area contributed by atoms with Crippen LogP contribution >= 0.6 is 0 Å². The second-order valence-electron chi connectivity index (χ2n) is 4.71. The van der Waals surface area contributed by atoms with E-state index in [1.54, 1.807) is 6.07 Å². The summed E-state index contributed by atoms with van der Waals surface area (Å²) in [6, 6.07) is 2.81. The average Bonchev–Trinajstić information content (AvgIpc) is 2.24. The third-order valence-electron chi connectivity index (χ3n) is 3.51. The minimum Gasteiger partial charge on any atom is -0.493 e. The van der Waals surface area contributed by atoms with Crippen LogP contribution in [0.5, 0.6) is 5.75 Å². The number of rotatable bonds is 3. The molecule has 1 aliphatic carbocycles. The maximum Gasteiger partial charge on any atom is 0.165 e. The van der Waals surface area contributed by atoms with Crippen molar-refractivity contribution in [3.63, 3.8) is 0 Å². The molecule has 0 amide bonds. The van der Waals surface area contributed by atoms with Crippen molar-refractivity contribution in [1.82, 2.24) is 0 Å². The molecule has 1 atom stereocenters. The molecule has 0 heterocycles. The Labute approximate surface area is 99.8 Å². The fraction of sp³-hybridized carbons (Fsp3) is 0.538. The summed E-state index contributed by atoms with van der Waals surface area (Å²) in [6.07, 6.45) is 1.37. The fourth-order valence-corrected chi connectivity index (χ4v) is 2.25. The van der Waals surface area contributed by atoms with Crippen molar-refractivity contribution in [2.45, 2.75) is 37.9 Å². The van der Waals surface area contributed by atoms with Gasteiger partial charge < -0.3 is 10.5 Å². The Kier molecular flexibility index (Phi) is 3.08. The largest absolute Gasteiger partial charge is 0.493 e. The van der Waals surface area contributed by atoms with Gasteiger partial charge in [0.25, 0.3) is 0 Å². The minimum atomic E-state index is -1.21. The lowest BCUT2D eigenvalue weighted by atomic mass is 9.72. The van der Waals surface area contributed by atoms with Crippen LogP contribution in [-0.4, -0.2) is 7.11 Å². The molecule has 1 aromatic rings. The number of ether oxygens (including phenoxy) is 1. The van der Waals surface area contributed by atoms with Crippen LogP contribution in [0.25, 0.3) is 0 Å². The highest BCUT2D eigenvalue weighted by molar-refractivity contribution is 5.45. The standard InChI is InChI=1S/C13H17F2NO/c1-8(14)9-6-10(13(16)4-3-5-13)12(17-2)11(15)7-9/h6-8H,3-5,16H2,1-2H3. The number of halogens is 2. The van der Waals surface area contributed by atoms with E-state index in [1.165, 1.54) is 20.1 Å². The van der Waals surface area contributed by atoms with Gasteiger partial charge in [-0.25, -0.2) is 8.78 Å². The van der Waals surface area contributed by atoms with Crippen molar-refractivity contribution in [3.8, 4) is 5.75 Å². The Morgan fingerprint density at radius 3 is 2.47 bits per heavy atom. The molecule has 1 aromatic carbocycles. The number of hydrogen-bond acceptors (Lipinski definition) is 2. The van der Waals surface area contributed by atoms with Gasteiger partial charge >= 0.3 is 0 Å². The lowest BCUT2D eigenvalue weighted by Gasteiger charge is -2.39. The molecule has 0 spiro atoms. The third kappa shape index (κ3) is 2.02. The molecule has 0 bridgehead atoms. The predicted octanol–water partition coefficient (Wildman–Crippen LogP) is 3.20. The molecular formula is C13H17F2NO. The smallest absolute Gasteiger partial charge is 0.165 e. The number of methoxy groups -OCH3 is 1. The Balaban J connectivity index is 2.54. The normalized spacial score (nSPS) is 19.6. The molecule has 94 valence electrons. The van der Waals surface area contributed by atoms with Gasteiger partial charge in [-0.15, -0.1) is 0 Å². The lowest BCUT2D eigenvalue weighted by molar-refractivity contribution is 0.240. The van der Waals surface area contributed by atoms with Gasteiger partial charge in [0, 0.05) is 11.1 Å². The van der Waals surface area contributed by atoms with E-state index in [0.29, 0.717) is 11.1 Å². The van der Waals surface area contributed by atoms with Crippen LogP contribution in [0.3, 0.4) is 0 Å². The van der Waals surface area contributed by atoms with Crippen molar-refractivity contribution in [3.05, 3.63) is 29.1 Å². The second kappa shape index (κ2) is 4.26. The summed E-state index contributed by atoms with van der Waals surface area (Å²) in [7, 11) is 1.41. The SMILES string of the molecule is COc1c(F)cc(C(C)F)cc1C1(N)CCC1. The molecule has 0 aliphatic heterocycles. The minimum absolute atomic E-state index is 0.150. The molecule has 0 radical (unpaired) electrons. The topological polar surface area (TPSA) is 35.2 Å². The molecule has 2 N–H and O–H groups in total. The van der Waals surface area contributed by atoms with Crippen LogP contribution in [-0.2, 0) is 5.54 Å². The van der Waals surface area contributed by atoms with E-state index in [9.17, 15) is 8.78 Å². The number of alkyl halides is 1. The lowest BCUT2D eigenvalue weighted by Crippen LogP contribution is -2.43. The summed E-state index contributed by atoms with van der Waals surface area (Å²) in [6.45, 7) is 1.38. The predicted molar refractivity (Wildman–Crippen MR) is 62.2 cm³/mol. The van der Waals surface area contributed by atoms with Crippen molar-refractivity contribution >= 4 is 0 Å². The van der Waals surface area contributed by atoms with E-state index in [0.717, 1.165) is 19.3 Å². The zero-order valence-corrected chi connectivity index (χ0v) is 10.1. The van der Waals surface area contributed by atoms with E-state index in [-0.39, 0.29) is 5.75 Å². The van der Waals surface area contributed by atoms with Gasteiger partial charge in [0.2, 0.25) is 0 Å². The first-order valence-corrected chi connectivity index (χ1v) is 5.79. The first-order chi connectivity index (χ1) is 7.98. The van der Waals surface area contributed by atoms with Gasteiger partial charge in [-0.05, 0) is 43.9 Å². The van der Waals surface area contributed by atoms with Crippen LogP contribution in [0.15, 0.2) is 12.1 Å². The zero-order valence-electron chi connectivity index (χ0n) is 10.1. The van der Waals surface area contributed by atoms with Gasteiger partial charge in [-0.1, -0.05) is 0 Å². The van der Waals surface area contributed by atoms with Crippen molar-refractivity contribution in [2.75, 3.05) is 7.11 Å². The van der Waals surface area contributed by atoms with Crippen molar-refractivity contribution in [2.24, 2.45) is 5.73 Å². The van der Waals surface area contributed by atoms with Crippen LogP contribution in [0, 0.1) is 5.82 Å². The van der Waals surface area contributed by atoms with E-state index in [4.69, 9.17) is 10.5 Å². The van der Waals surface area contributed by atoms with E-state index >= 15 is 0 Å². The zero-order chi connectivity index (χ0) is 12.6. The second-order valence-corrected chi connectivity index (χ2v) is 4.71. The van der Waals surface area contributed by atoms with Gasteiger partial charge in [0.15, 0.2) is 11.6 Å². The maximum absolute atomic E-state index is 13.8. The first kappa shape index (κ1) is 12.3. The monoisotopic (exact) mass is 241 g/mol. The quantitative estimate of drug-likeness (QED) is 0.882. The van der Waals surface area contributed by atoms with Gasteiger partial charge in [-0.3, -0.25) is 0 Å². The Bertz CT molecular complexity index is 428. The summed E-state index contributed by atoms with van der Waals surface area (Å²) >= 11 is 0. The van der Waals surface area contributed by atoms with Crippen LogP contribution in [0.1, 0.15) is 43.5 Å². The number of hydrogen-bond donors (Lipinski definition) is 1. The summed E-state index contributed by atoms with van der Waals surface area (Å²) in [5.74, 6) is -0.391. The molecule has 1 aliphatic rings. The Hall–Kier alpha value is -1.16. The van der Waals surface area contributed by atoms with E-state index in [1.807, 2.05) is 0 Å². The highest BCUT2D eigenvalue weighted by Gasteiger charge is 2.38. The Morgan fingerprint density at radius 1 is 1.41 bits per heavy atom. The molecule has 1 unspecified atom stereocenters. The molecule has 17 heavy (non-hydrogen) atoms. The molecule has 0 saturated heterocycles. The summed E-state index contributed by atoms with van der Waals surface area (Å²) in [5, 5.41) is 0. The molecule has 1 saturated carbocycles. The molecule has 2 nitrogen and oxygen atoms in total. The average molecular weight is 241 g/mol. The molecule has 2 rings (SSSR count). The number of nitrogens with two attached hydrogens (primary N) is 1. The summed E-state index contributed by atoms with van der Waals surface area (Å²) < 4.78 is 32.2. The highest BCUT2D eigenvalue weighted by atomic mass is 19.1. The van der Waals surface area contributed by atoms with Crippen LogP contribution < -0.4 is 10.5 Å². The summed E-state index contributed by atoms with van der Waals surface area (Å²) in [4.78, 5) is 0. The van der Waals surface area contributed by atoms with Gasteiger partial charge in [-0.2, -0.15) is 0 Å². The maximum atomic E-state index is 13.8. The van der Waals surface area contributed by atoms with Crippen molar-refractivity contribution in [1.29, 1.82) is 0 Å². The van der Waals surface area contributed by atoms with Crippen molar-refractivity contribution < 1.29 is 13.5 Å². The van der Waals surface area contributed by atoms with Crippen LogP contribution in [0.2, 0.25) is 0 Å². The Morgan fingerprint density at radius 2 is 2.06 bits per heavy atom. The molecule has 4 heteroatoms. The summed E-state index contributed by atoms with van der Waals surface area (Å²) in [5.41, 5.74) is 6.51. The first-order valence-electron chi connectivity index (χ1n) is 5.79. The van der Waals surface area contributed by atoms with E-state index in [2.05, 4.69) is 0 Å². The van der Waals surface area contributed by atoms with Crippen LogP contribution in [0.4, 0.5) is 8.78 Å². The molecule has 0 aromatic heterocycles. The third-order valence-corrected chi connectivity index (χ3v) is 3.51. The molecule has 1 fully saturated rings. The number of benzene rings is 1. The molecular weight excluding hydrogens is 224 g/mol. The highest BCUT2D eigenvalue weighted by Crippen LogP contribution is 2.44. The fourth-order valence-electron chi connectivity index (χ4n) is 2.25. The van der Waals surface area contributed by atoms with Gasteiger partial charge in [0.1, 0.15) is 6.17 Å². The van der Waals surface area contributed by atoms with Gasteiger partial charge in [0.05, 0.1) is 7.11 Å². The van der Waals surface area contributed by atoms with E-state index < -0.39 is 17.5 Å².